The van der Waals surface area contributed by atoms with Gasteiger partial charge in [0.05, 0.1) is 12.2 Å². The summed E-state index contributed by atoms with van der Waals surface area (Å²) in [4.78, 5) is 22.7. The Morgan fingerprint density at radius 2 is 2.11 bits per heavy atom. The summed E-state index contributed by atoms with van der Waals surface area (Å²) < 4.78 is 0. The maximum Gasteiger partial charge on any atom is 0.303 e. The Morgan fingerprint density at radius 3 is 2.71 bits per heavy atom. The van der Waals surface area contributed by atoms with Crippen molar-refractivity contribution < 1.29 is 24.9 Å². The molecule has 5 heteroatoms. The van der Waals surface area contributed by atoms with Gasteiger partial charge in [0.2, 0.25) is 0 Å². The lowest BCUT2D eigenvalue weighted by Gasteiger charge is -2.45. The van der Waals surface area contributed by atoms with Gasteiger partial charge in [0.1, 0.15) is 5.78 Å². The summed E-state index contributed by atoms with van der Waals surface area (Å²) in [6.45, 7) is 2.15. The number of rotatable bonds is 10. The molecule has 4 atom stereocenters. The second-order valence-electron chi connectivity index (χ2n) is 8.37. The summed E-state index contributed by atoms with van der Waals surface area (Å²) in [5, 5.41) is 29.5. The fourth-order valence-electron chi connectivity index (χ4n) is 4.58. The van der Waals surface area contributed by atoms with Crippen molar-refractivity contribution in [3.05, 3.63) is 12.2 Å². The first-order valence-corrected chi connectivity index (χ1v) is 10.6. The van der Waals surface area contributed by atoms with Crippen molar-refractivity contribution in [3.63, 3.8) is 0 Å². The molecule has 2 rings (SSSR count). The Hall–Kier alpha value is -1.64. The number of carboxylic acid groups (broad SMARTS) is 1. The fourth-order valence-corrected chi connectivity index (χ4v) is 4.58. The van der Waals surface area contributed by atoms with Gasteiger partial charge in [0.25, 0.3) is 0 Å². The molecule has 2 saturated carbocycles. The molecule has 28 heavy (non-hydrogen) atoms. The second-order valence-corrected chi connectivity index (χ2v) is 8.37. The highest BCUT2D eigenvalue weighted by Gasteiger charge is 2.42. The molecule has 0 spiro atoms. The maximum absolute atomic E-state index is 12.2. The number of hydrogen-bond acceptors (Lipinski definition) is 4. The summed E-state index contributed by atoms with van der Waals surface area (Å²) in [6, 6.07) is 0. The third-order valence-electron chi connectivity index (χ3n) is 6.39. The van der Waals surface area contributed by atoms with Crippen LogP contribution in [0.3, 0.4) is 0 Å². The van der Waals surface area contributed by atoms with E-state index in [2.05, 4.69) is 18.8 Å². The number of carboxylic acids is 1. The molecule has 3 N–H and O–H groups in total. The van der Waals surface area contributed by atoms with E-state index in [0.29, 0.717) is 25.7 Å². The first kappa shape index (κ1) is 22.6. The van der Waals surface area contributed by atoms with E-state index in [9.17, 15) is 19.8 Å². The van der Waals surface area contributed by atoms with E-state index in [1.165, 1.54) is 6.42 Å². The third-order valence-corrected chi connectivity index (χ3v) is 6.39. The van der Waals surface area contributed by atoms with E-state index in [-0.39, 0.29) is 42.0 Å². The predicted molar refractivity (Wildman–Crippen MR) is 107 cm³/mol. The van der Waals surface area contributed by atoms with Crippen LogP contribution >= 0.6 is 0 Å². The van der Waals surface area contributed by atoms with Crippen LogP contribution in [0.1, 0.15) is 77.6 Å². The Morgan fingerprint density at radius 1 is 1.36 bits per heavy atom. The van der Waals surface area contributed by atoms with Crippen LogP contribution in [0.4, 0.5) is 0 Å². The molecule has 0 saturated heterocycles. The summed E-state index contributed by atoms with van der Waals surface area (Å²) in [5.41, 5.74) is 0.0596. The van der Waals surface area contributed by atoms with Gasteiger partial charge >= 0.3 is 5.97 Å². The molecule has 1 unspecified atom stereocenters. The van der Waals surface area contributed by atoms with Crippen LogP contribution in [0.25, 0.3) is 0 Å². The molecule has 2 aliphatic carbocycles. The van der Waals surface area contributed by atoms with Gasteiger partial charge in [0, 0.05) is 37.5 Å². The number of aliphatic carboxylic acids is 1. The van der Waals surface area contributed by atoms with Crippen molar-refractivity contribution in [2.24, 2.45) is 17.3 Å². The highest BCUT2D eigenvalue weighted by atomic mass is 16.4. The van der Waals surface area contributed by atoms with Crippen LogP contribution in [0.5, 0.6) is 0 Å². The fraction of sp³-hybridized carbons (Fsp3) is 0.739. The molecule has 0 bridgehead atoms. The van der Waals surface area contributed by atoms with Gasteiger partial charge in [-0.25, -0.2) is 0 Å². The molecular formula is C23H34O5. The summed E-state index contributed by atoms with van der Waals surface area (Å²) >= 11 is 0. The normalized spacial score (nSPS) is 27.2. The van der Waals surface area contributed by atoms with Crippen LogP contribution in [0, 0.1) is 29.1 Å². The predicted octanol–water partition coefficient (Wildman–Crippen LogP) is 3.48. The monoisotopic (exact) mass is 390 g/mol. The van der Waals surface area contributed by atoms with Crippen molar-refractivity contribution in [3.8, 4) is 11.8 Å². The van der Waals surface area contributed by atoms with Crippen molar-refractivity contribution >= 4 is 11.8 Å². The van der Waals surface area contributed by atoms with E-state index >= 15 is 0 Å². The quantitative estimate of drug-likeness (QED) is 0.302. The van der Waals surface area contributed by atoms with E-state index in [1.807, 2.05) is 12.2 Å². The maximum atomic E-state index is 12.2. The van der Waals surface area contributed by atoms with Crippen molar-refractivity contribution in [2.45, 2.75) is 89.8 Å². The van der Waals surface area contributed by atoms with E-state index in [1.54, 1.807) is 0 Å². The minimum absolute atomic E-state index is 0.0315. The van der Waals surface area contributed by atoms with Gasteiger partial charge in [0.15, 0.2) is 0 Å². The number of ketones is 1. The number of unbranched alkanes of at least 4 members (excludes halogenated alkanes) is 1. The Labute approximate surface area is 168 Å². The molecule has 156 valence electrons. The number of carbonyl (C=O) groups is 2. The molecule has 0 aromatic heterocycles. The highest BCUT2D eigenvalue weighted by molar-refractivity contribution is 5.85. The average molecular weight is 391 g/mol. The zero-order chi connectivity index (χ0) is 20.6. The molecule has 0 heterocycles. The Balaban J connectivity index is 1.87. The number of aliphatic hydroxyl groups excluding tert-OH is 2. The summed E-state index contributed by atoms with van der Waals surface area (Å²) in [7, 11) is 0. The minimum Gasteiger partial charge on any atom is -0.481 e. The highest BCUT2D eigenvalue weighted by Crippen LogP contribution is 2.48. The number of carbonyl (C=O) groups excluding carboxylic acids is 1. The van der Waals surface area contributed by atoms with Gasteiger partial charge in [-0.15, -0.1) is 11.8 Å². The first-order chi connectivity index (χ1) is 13.4. The van der Waals surface area contributed by atoms with Gasteiger partial charge in [-0.2, -0.15) is 0 Å². The van der Waals surface area contributed by atoms with Gasteiger partial charge < -0.3 is 15.3 Å². The molecule has 2 aliphatic rings. The molecular weight excluding hydrogens is 356 g/mol. The average Bonchev–Trinajstić information content (AvgIpc) is 2.87. The lowest BCUT2D eigenvalue weighted by molar-refractivity contribution is -0.137. The summed E-state index contributed by atoms with van der Waals surface area (Å²) in [6.07, 6.45) is 10.5. The van der Waals surface area contributed by atoms with Crippen LogP contribution in [0.15, 0.2) is 12.2 Å². The molecule has 0 aromatic carbocycles. The second kappa shape index (κ2) is 10.8. The molecule has 0 aromatic rings. The zero-order valence-electron chi connectivity index (χ0n) is 16.9. The number of Topliss-reactive ketones (excluding diaryl/α,β-unsaturated/α-hetero) is 1. The van der Waals surface area contributed by atoms with E-state index < -0.39 is 12.1 Å². The zero-order valence-corrected chi connectivity index (χ0v) is 16.9. The summed E-state index contributed by atoms with van der Waals surface area (Å²) in [5.74, 6) is 4.55. The van der Waals surface area contributed by atoms with Crippen molar-refractivity contribution in [1.82, 2.24) is 0 Å². The largest absolute Gasteiger partial charge is 0.481 e. The van der Waals surface area contributed by atoms with Crippen molar-refractivity contribution in [2.75, 3.05) is 0 Å². The van der Waals surface area contributed by atoms with Crippen LogP contribution in [-0.2, 0) is 9.59 Å². The van der Waals surface area contributed by atoms with Crippen molar-refractivity contribution in [1.29, 1.82) is 0 Å². The van der Waals surface area contributed by atoms with Crippen LogP contribution in [-0.4, -0.2) is 39.3 Å². The third kappa shape index (κ3) is 5.93. The smallest absolute Gasteiger partial charge is 0.303 e. The van der Waals surface area contributed by atoms with Gasteiger partial charge in [-0.05, 0) is 37.5 Å². The molecule has 2 fully saturated rings. The molecule has 0 radical (unpaired) electrons. The first-order valence-electron chi connectivity index (χ1n) is 10.6. The Bertz CT molecular complexity index is 623. The standard InChI is InChI=1S/C23H34O5/c1-2-13-23(14-8-15-23)21(26)11-7-10-18-17(19(24)16-20(18)25)9-5-3-4-6-12-22(27)28/h7,10,17-18,20-21,25-26H,2,4,6,8-9,11-16H2,1H3,(H,27,28)/b10-7+/t17-,18-,20-,21?/m1/s1. The topological polar surface area (TPSA) is 94.8 Å². The van der Waals surface area contributed by atoms with Crippen LogP contribution < -0.4 is 0 Å². The molecule has 0 aliphatic heterocycles. The Kier molecular flexibility index (Phi) is 8.72. The molecule has 0 amide bonds. The van der Waals surface area contributed by atoms with E-state index in [0.717, 1.165) is 25.7 Å². The van der Waals surface area contributed by atoms with Gasteiger partial charge in [-0.3, -0.25) is 9.59 Å². The van der Waals surface area contributed by atoms with E-state index in [4.69, 9.17) is 5.11 Å². The molecule has 5 nitrogen and oxygen atoms in total. The lowest BCUT2D eigenvalue weighted by atomic mass is 9.62. The number of aliphatic hydroxyl groups is 2. The number of hydrogen-bond donors (Lipinski definition) is 3. The van der Waals surface area contributed by atoms with Crippen LogP contribution in [0.2, 0.25) is 0 Å². The minimum atomic E-state index is -0.828. The van der Waals surface area contributed by atoms with Gasteiger partial charge in [-0.1, -0.05) is 31.9 Å². The lowest BCUT2D eigenvalue weighted by Crippen LogP contribution is -2.41. The SMILES string of the molecule is CCCC1(C(O)C/C=C/[C@H]2[C@H](O)CC(=O)[C@@H]2CC#CCCCC(=O)O)CCC1.